The predicted octanol–water partition coefficient (Wildman–Crippen LogP) is 1.09. The molecule has 0 aliphatic rings. The molecule has 1 aromatic heterocycles. The highest BCUT2D eigenvalue weighted by Gasteiger charge is 2.17. The van der Waals surface area contributed by atoms with Crippen molar-refractivity contribution in [3.05, 3.63) is 54.6 Å². The highest BCUT2D eigenvalue weighted by Crippen LogP contribution is 2.09. The van der Waals surface area contributed by atoms with Crippen LogP contribution in [0.25, 0.3) is 0 Å². The first-order valence-electron chi connectivity index (χ1n) is 6.23. The molecule has 5 nitrogen and oxygen atoms in total. The van der Waals surface area contributed by atoms with E-state index in [9.17, 15) is 4.79 Å². The van der Waals surface area contributed by atoms with Crippen molar-refractivity contribution in [3.8, 4) is 0 Å². The Hall–Kier alpha value is -2.14. The quantitative estimate of drug-likeness (QED) is 0.843. The summed E-state index contributed by atoms with van der Waals surface area (Å²) in [6, 6.07) is 8.71. The number of imidazole rings is 1. The van der Waals surface area contributed by atoms with Crippen molar-refractivity contribution < 1.29 is 4.79 Å². The van der Waals surface area contributed by atoms with Gasteiger partial charge in [-0.1, -0.05) is 30.3 Å². The maximum Gasteiger partial charge on any atom is 0.241 e. The van der Waals surface area contributed by atoms with Gasteiger partial charge in [0.1, 0.15) is 6.04 Å². The normalized spacial score (nSPS) is 13.8. The Morgan fingerprint density at radius 3 is 2.79 bits per heavy atom. The Morgan fingerprint density at radius 2 is 2.16 bits per heavy atom. The first-order chi connectivity index (χ1) is 9.16. The lowest BCUT2D eigenvalue weighted by Gasteiger charge is -2.18. The molecular weight excluding hydrogens is 240 g/mol. The van der Waals surface area contributed by atoms with Crippen LogP contribution in [0, 0.1) is 0 Å². The van der Waals surface area contributed by atoms with Gasteiger partial charge in [0.15, 0.2) is 0 Å². The average molecular weight is 258 g/mol. The zero-order valence-corrected chi connectivity index (χ0v) is 10.9. The lowest BCUT2D eigenvalue weighted by molar-refractivity contribution is -0.123. The Bertz CT molecular complexity index is 510. The summed E-state index contributed by atoms with van der Waals surface area (Å²) < 4.78 is 1.92. The molecule has 5 heteroatoms. The summed E-state index contributed by atoms with van der Waals surface area (Å²) in [5.74, 6) is -0.168. The fourth-order valence-electron chi connectivity index (χ4n) is 1.90. The lowest BCUT2D eigenvalue weighted by atomic mass is 10.1. The molecule has 19 heavy (non-hydrogen) atoms. The summed E-state index contributed by atoms with van der Waals surface area (Å²) in [7, 11) is 0. The van der Waals surface area contributed by atoms with E-state index in [1.807, 2.05) is 48.0 Å². The van der Waals surface area contributed by atoms with E-state index in [1.54, 1.807) is 12.5 Å². The van der Waals surface area contributed by atoms with Gasteiger partial charge in [0.25, 0.3) is 0 Å². The monoisotopic (exact) mass is 258 g/mol. The molecule has 0 radical (unpaired) electrons. The Balaban J connectivity index is 1.90. The predicted molar refractivity (Wildman–Crippen MR) is 73.2 cm³/mol. The summed E-state index contributed by atoms with van der Waals surface area (Å²) in [6.45, 7) is 2.61. The number of hydrogen-bond acceptors (Lipinski definition) is 3. The second-order valence-corrected chi connectivity index (χ2v) is 4.56. The van der Waals surface area contributed by atoms with E-state index >= 15 is 0 Å². The molecule has 2 aromatic rings. The molecule has 0 saturated heterocycles. The van der Waals surface area contributed by atoms with E-state index in [1.165, 1.54) is 0 Å². The molecule has 1 heterocycles. The Morgan fingerprint density at radius 1 is 1.42 bits per heavy atom. The maximum atomic E-state index is 12.0. The molecule has 3 N–H and O–H groups in total. The second kappa shape index (κ2) is 6.15. The van der Waals surface area contributed by atoms with Gasteiger partial charge in [-0.2, -0.15) is 0 Å². The molecule has 0 bridgehead atoms. The number of hydrogen-bond donors (Lipinski definition) is 2. The number of benzene rings is 1. The van der Waals surface area contributed by atoms with Gasteiger partial charge in [0.05, 0.1) is 6.33 Å². The molecule has 2 atom stereocenters. The lowest BCUT2D eigenvalue weighted by Crippen LogP contribution is -2.41. The molecule has 1 unspecified atom stereocenters. The molecule has 0 aliphatic carbocycles. The van der Waals surface area contributed by atoms with E-state index < -0.39 is 6.04 Å². The zero-order chi connectivity index (χ0) is 13.7. The van der Waals surface area contributed by atoms with Crippen LogP contribution in [-0.2, 0) is 11.3 Å². The number of nitrogens with two attached hydrogens (primary N) is 1. The van der Waals surface area contributed by atoms with Gasteiger partial charge in [0, 0.05) is 25.0 Å². The van der Waals surface area contributed by atoms with Gasteiger partial charge in [-0.15, -0.1) is 0 Å². The van der Waals surface area contributed by atoms with Crippen LogP contribution < -0.4 is 11.1 Å². The molecule has 0 fully saturated rings. The van der Waals surface area contributed by atoms with E-state index in [0.29, 0.717) is 6.54 Å². The van der Waals surface area contributed by atoms with Crippen LogP contribution >= 0.6 is 0 Å². The van der Waals surface area contributed by atoms with Crippen LogP contribution in [0.4, 0.5) is 0 Å². The van der Waals surface area contributed by atoms with Crippen molar-refractivity contribution >= 4 is 5.91 Å². The Kier molecular flexibility index (Phi) is 4.30. The molecule has 0 saturated carbocycles. The number of aromatic nitrogens is 2. The number of amides is 1. The van der Waals surface area contributed by atoms with Gasteiger partial charge < -0.3 is 15.6 Å². The first-order valence-corrected chi connectivity index (χ1v) is 6.23. The average Bonchev–Trinajstić information content (AvgIpc) is 2.91. The SMILES string of the molecule is CC(Cn1ccnc1)NC(=O)[C@@H](N)c1ccccc1. The molecule has 0 aliphatic heterocycles. The number of nitrogens with one attached hydrogen (secondary N) is 1. The van der Waals surface area contributed by atoms with Crippen molar-refractivity contribution in [2.75, 3.05) is 0 Å². The highest BCUT2D eigenvalue weighted by molar-refractivity contribution is 5.83. The summed E-state index contributed by atoms with van der Waals surface area (Å²) in [6.07, 6.45) is 5.30. The summed E-state index contributed by atoms with van der Waals surface area (Å²) in [5.41, 5.74) is 6.74. The third kappa shape index (κ3) is 3.66. The first kappa shape index (κ1) is 13.3. The topological polar surface area (TPSA) is 72.9 Å². The van der Waals surface area contributed by atoms with Gasteiger partial charge in [-0.25, -0.2) is 4.98 Å². The number of carbonyl (C=O) groups is 1. The molecule has 0 spiro atoms. The number of nitrogens with zero attached hydrogens (tertiary/aromatic N) is 2. The van der Waals surface area contributed by atoms with Crippen LogP contribution in [0.1, 0.15) is 18.5 Å². The van der Waals surface area contributed by atoms with Crippen LogP contribution in [0.5, 0.6) is 0 Å². The van der Waals surface area contributed by atoms with Crippen LogP contribution in [0.3, 0.4) is 0 Å². The van der Waals surface area contributed by atoms with Crippen LogP contribution in [0.2, 0.25) is 0 Å². The third-order valence-corrected chi connectivity index (χ3v) is 2.87. The van der Waals surface area contributed by atoms with Crippen molar-refractivity contribution in [3.63, 3.8) is 0 Å². The summed E-state index contributed by atoms with van der Waals surface area (Å²) in [4.78, 5) is 16.0. The zero-order valence-electron chi connectivity index (χ0n) is 10.9. The fourth-order valence-corrected chi connectivity index (χ4v) is 1.90. The standard InChI is InChI=1S/C14H18N4O/c1-11(9-18-8-7-16-10-18)17-14(19)13(15)12-5-3-2-4-6-12/h2-8,10-11,13H,9,15H2,1H3,(H,17,19)/t11?,13-/m0/s1. The second-order valence-electron chi connectivity index (χ2n) is 4.56. The minimum absolute atomic E-state index is 0.00328. The summed E-state index contributed by atoms with van der Waals surface area (Å²) in [5, 5.41) is 2.90. The van der Waals surface area contributed by atoms with Crippen LogP contribution in [-0.4, -0.2) is 21.5 Å². The number of rotatable bonds is 5. The van der Waals surface area contributed by atoms with Crippen molar-refractivity contribution in [2.24, 2.45) is 5.73 Å². The van der Waals surface area contributed by atoms with E-state index in [-0.39, 0.29) is 11.9 Å². The van der Waals surface area contributed by atoms with Gasteiger partial charge >= 0.3 is 0 Å². The van der Waals surface area contributed by atoms with E-state index in [2.05, 4.69) is 10.3 Å². The fraction of sp³-hybridized carbons (Fsp3) is 0.286. The largest absolute Gasteiger partial charge is 0.350 e. The van der Waals surface area contributed by atoms with Gasteiger partial charge in [-0.05, 0) is 12.5 Å². The smallest absolute Gasteiger partial charge is 0.241 e. The maximum absolute atomic E-state index is 12.0. The Labute approximate surface area is 112 Å². The van der Waals surface area contributed by atoms with E-state index in [0.717, 1.165) is 5.56 Å². The summed E-state index contributed by atoms with van der Waals surface area (Å²) >= 11 is 0. The molecule has 2 rings (SSSR count). The van der Waals surface area contributed by atoms with Crippen molar-refractivity contribution in [2.45, 2.75) is 25.6 Å². The molecular formula is C14H18N4O. The minimum atomic E-state index is -0.633. The van der Waals surface area contributed by atoms with E-state index in [4.69, 9.17) is 5.73 Å². The van der Waals surface area contributed by atoms with Crippen LogP contribution in [0.15, 0.2) is 49.1 Å². The third-order valence-electron chi connectivity index (χ3n) is 2.87. The van der Waals surface area contributed by atoms with Gasteiger partial charge in [-0.3, -0.25) is 4.79 Å². The molecule has 100 valence electrons. The highest BCUT2D eigenvalue weighted by atomic mass is 16.2. The van der Waals surface area contributed by atoms with Gasteiger partial charge in [0.2, 0.25) is 5.91 Å². The van der Waals surface area contributed by atoms with Crippen molar-refractivity contribution in [1.82, 2.24) is 14.9 Å². The molecule has 1 amide bonds. The number of carbonyl (C=O) groups excluding carboxylic acids is 1. The molecule has 1 aromatic carbocycles. The van der Waals surface area contributed by atoms with Crippen molar-refractivity contribution in [1.29, 1.82) is 0 Å². The minimum Gasteiger partial charge on any atom is -0.350 e.